The largest absolute Gasteiger partial charge is 0.492 e. The number of benzene rings is 3. The van der Waals surface area contributed by atoms with Crippen molar-refractivity contribution in [3.8, 4) is 5.75 Å². The van der Waals surface area contributed by atoms with Gasteiger partial charge in [-0.15, -0.1) is 0 Å². The van der Waals surface area contributed by atoms with Gasteiger partial charge in [-0.05, 0) is 55.5 Å². The molecule has 29 heavy (non-hydrogen) atoms. The number of nitrogens with one attached hydrogen (secondary N) is 2. The molecule has 7 heteroatoms. The first kappa shape index (κ1) is 20.3. The number of carbonyl (C=O) groups is 1. The van der Waals surface area contributed by atoms with Gasteiger partial charge < -0.3 is 15.4 Å². The Morgan fingerprint density at radius 2 is 1.66 bits per heavy atom. The van der Waals surface area contributed by atoms with Crippen molar-refractivity contribution in [3.05, 3.63) is 83.9 Å². The summed E-state index contributed by atoms with van der Waals surface area (Å²) in [6, 6.07) is 18.5. The quantitative estimate of drug-likeness (QED) is 0.526. The molecule has 0 saturated heterocycles. The van der Waals surface area contributed by atoms with Crippen LogP contribution in [0.2, 0.25) is 0 Å². The van der Waals surface area contributed by atoms with E-state index in [9.17, 15) is 18.0 Å². The SMILES string of the molecule is CCOc1ccc(C(=O)Nc2ccccc2)cc1Nc1cccc(C(F)(F)F)c1. The van der Waals surface area contributed by atoms with Crippen LogP contribution >= 0.6 is 0 Å². The van der Waals surface area contributed by atoms with E-state index in [-0.39, 0.29) is 11.6 Å². The molecule has 0 radical (unpaired) electrons. The number of para-hydroxylation sites is 1. The first-order valence-electron chi connectivity index (χ1n) is 8.94. The molecule has 0 fully saturated rings. The number of amides is 1. The number of halogens is 3. The van der Waals surface area contributed by atoms with Gasteiger partial charge >= 0.3 is 6.18 Å². The van der Waals surface area contributed by atoms with E-state index in [0.29, 0.717) is 29.3 Å². The third-order valence-electron chi connectivity index (χ3n) is 4.04. The minimum atomic E-state index is -4.45. The maximum Gasteiger partial charge on any atom is 0.416 e. The summed E-state index contributed by atoms with van der Waals surface area (Å²) in [6.07, 6.45) is -4.45. The van der Waals surface area contributed by atoms with E-state index >= 15 is 0 Å². The normalized spacial score (nSPS) is 11.0. The average Bonchev–Trinajstić information content (AvgIpc) is 2.70. The summed E-state index contributed by atoms with van der Waals surface area (Å²) < 4.78 is 44.5. The predicted octanol–water partition coefficient (Wildman–Crippen LogP) is 6.10. The zero-order valence-corrected chi connectivity index (χ0v) is 15.6. The molecule has 0 aliphatic heterocycles. The van der Waals surface area contributed by atoms with E-state index < -0.39 is 11.7 Å². The van der Waals surface area contributed by atoms with Crippen LogP contribution in [0.1, 0.15) is 22.8 Å². The molecule has 0 unspecified atom stereocenters. The van der Waals surface area contributed by atoms with Crippen molar-refractivity contribution in [2.45, 2.75) is 13.1 Å². The molecule has 0 spiro atoms. The van der Waals surface area contributed by atoms with E-state index in [4.69, 9.17) is 4.74 Å². The summed E-state index contributed by atoms with van der Waals surface area (Å²) in [5.41, 5.74) is 0.845. The molecule has 4 nitrogen and oxygen atoms in total. The molecule has 3 rings (SSSR count). The summed E-state index contributed by atoms with van der Waals surface area (Å²) in [5, 5.41) is 5.70. The fourth-order valence-corrected chi connectivity index (χ4v) is 2.70. The fraction of sp³-hybridized carbons (Fsp3) is 0.136. The molecule has 0 aliphatic carbocycles. The molecule has 0 aromatic heterocycles. The van der Waals surface area contributed by atoms with Crippen LogP contribution < -0.4 is 15.4 Å². The topological polar surface area (TPSA) is 50.4 Å². The van der Waals surface area contributed by atoms with Crippen LogP contribution in [-0.2, 0) is 6.18 Å². The van der Waals surface area contributed by atoms with Crippen molar-refractivity contribution in [1.82, 2.24) is 0 Å². The van der Waals surface area contributed by atoms with Gasteiger partial charge in [0.2, 0.25) is 0 Å². The number of alkyl halides is 3. The lowest BCUT2D eigenvalue weighted by Gasteiger charge is -2.15. The van der Waals surface area contributed by atoms with Crippen LogP contribution in [0.15, 0.2) is 72.8 Å². The van der Waals surface area contributed by atoms with Gasteiger partial charge in [0.25, 0.3) is 5.91 Å². The van der Waals surface area contributed by atoms with Gasteiger partial charge in [-0.3, -0.25) is 4.79 Å². The summed E-state index contributed by atoms with van der Waals surface area (Å²) in [6.45, 7) is 2.16. The number of hydrogen-bond donors (Lipinski definition) is 2. The highest BCUT2D eigenvalue weighted by Crippen LogP contribution is 2.33. The second-order valence-corrected chi connectivity index (χ2v) is 6.17. The number of anilines is 3. The van der Waals surface area contributed by atoms with Crippen molar-refractivity contribution in [1.29, 1.82) is 0 Å². The number of carbonyl (C=O) groups excluding carboxylic acids is 1. The Morgan fingerprint density at radius 3 is 2.34 bits per heavy atom. The Bertz CT molecular complexity index is 989. The highest BCUT2D eigenvalue weighted by Gasteiger charge is 2.30. The van der Waals surface area contributed by atoms with Gasteiger partial charge in [-0.25, -0.2) is 0 Å². The Morgan fingerprint density at radius 1 is 0.931 bits per heavy atom. The minimum absolute atomic E-state index is 0.237. The maximum atomic E-state index is 13.0. The molecule has 150 valence electrons. The van der Waals surface area contributed by atoms with Crippen molar-refractivity contribution < 1.29 is 22.7 Å². The molecule has 0 aliphatic rings. The molecule has 3 aromatic rings. The third kappa shape index (κ3) is 5.28. The van der Waals surface area contributed by atoms with E-state index in [1.807, 2.05) is 6.07 Å². The summed E-state index contributed by atoms with van der Waals surface area (Å²) in [5.74, 6) is 0.0903. The van der Waals surface area contributed by atoms with E-state index in [1.54, 1.807) is 49.4 Å². The van der Waals surface area contributed by atoms with Crippen molar-refractivity contribution in [2.75, 3.05) is 17.2 Å². The second-order valence-electron chi connectivity index (χ2n) is 6.17. The molecular formula is C22H19F3N2O2. The highest BCUT2D eigenvalue weighted by atomic mass is 19.4. The number of hydrogen-bond acceptors (Lipinski definition) is 3. The standard InChI is InChI=1S/C22H19F3N2O2/c1-2-29-20-12-11-15(21(28)27-17-8-4-3-5-9-17)13-19(20)26-18-10-6-7-16(14-18)22(23,24)25/h3-14,26H,2H2,1H3,(H,27,28). The Labute approximate surface area is 166 Å². The summed E-state index contributed by atoms with van der Waals surface area (Å²) >= 11 is 0. The van der Waals surface area contributed by atoms with Crippen LogP contribution in [0.25, 0.3) is 0 Å². The lowest BCUT2D eigenvalue weighted by molar-refractivity contribution is -0.137. The van der Waals surface area contributed by atoms with Gasteiger partial charge in [-0.2, -0.15) is 13.2 Å². The highest BCUT2D eigenvalue weighted by molar-refractivity contribution is 6.05. The van der Waals surface area contributed by atoms with Crippen molar-refractivity contribution in [2.24, 2.45) is 0 Å². The predicted molar refractivity (Wildman–Crippen MR) is 107 cm³/mol. The van der Waals surface area contributed by atoms with E-state index in [2.05, 4.69) is 10.6 Å². The first-order valence-corrected chi connectivity index (χ1v) is 8.94. The van der Waals surface area contributed by atoms with Crippen molar-refractivity contribution >= 4 is 23.0 Å². The lowest BCUT2D eigenvalue weighted by atomic mass is 10.1. The van der Waals surface area contributed by atoms with E-state index in [1.165, 1.54) is 12.1 Å². The molecule has 0 bridgehead atoms. The summed E-state index contributed by atoms with van der Waals surface area (Å²) in [7, 11) is 0. The van der Waals surface area contributed by atoms with Gasteiger partial charge in [0.1, 0.15) is 5.75 Å². The van der Waals surface area contributed by atoms with Crippen LogP contribution in [0.5, 0.6) is 5.75 Å². The second kappa shape index (κ2) is 8.68. The van der Waals surface area contributed by atoms with Crippen molar-refractivity contribution in [3.63, 3.8) is 0 Å². The maximum absolute atomic E-state index is 13.0. The van der Waals surface area contributed by atoms with Crippen LogP contribution in [0.4, 0.5) is 30.2 Å². The fourth-order valence-electron chi connectivity index (χ4n) is 2.70. The molecule has 2 N–H and O–H groups in total. The Hall–Kier alpha value is -3.48. The van der Waals surface area contributed by atoms with Gasteiger partial charge in [-0.1, -0.05) is 24.3 Å². The van der Waals surface area contributed by atoms with Crippen LogP contribution in [0, 0.1) is 0 Å². The van der Waals surface area contributed by atoms with E-state index in [0.717, 1.165) is 12.1 Å². The molecule has 3 aromatic carbocycles. The Balaban J connectivity index is 1.88. The smallest absolute Gasteiger partial charge is 0.416 e. The monoisotopic (exact) mass is 400 g/mol. The van der Waals surface area contributed by atoms with Crippen LogP contribution in [0.3, 0.4) is 0 Å². The zero-order valence-electron chi connectivity index (χ0n) is 15.6. The molecule has 0 atom stereocenters. The van der Waals surface area contributed by atoms with Crippen LogP contribution in [-0.4, -0.2) is 12.5 Å². The molecular weight excluding hydrogens is 381 g/mol. The van der Waals surface area contributed by atoms with Gasteiger partial charge in [0.15, 0.2) is 0 Å². The third-order valence-corrected chi connectivity index (χ3v) is 4.04. The number of rotatable bonds is 6. The average molecular weight is 400 g/mol. The molecule has 0 saturated carbocycles. The summed E-state index contributed by atoms with van der Waals surface area (Å²) in [4.78, 5) is 12.5. The minimum Gasteiger partial charge on any atom is -0.492 e. The van der Waals surface area contributed by atoms with Gasteiger partial charge in [0.05, 0.1) is 17.9 Å². The van der Waals surface area contributed by atoms with Gasteiger partial charge in [0, 0.05) is 16.9 Å². The molecule has 0 heterocycles. The first-order chi connectivity index (χ1) is 13.9. The zero-order chi connectivity index (χ0) is 20.9. The Kier molecular flexibility index (Phi) is 6.07. The lowest BCUT2D eigenvalue weighted by Crippen LogP contribution is -2.12. The molecule has 1 amide bonds. The number of ether oxygens (including phenoxy) is 1.